The highest BCUT2D eigenvalue weighted by atomic mass is 19.4. The zero-order valence-corrected chi connectivity index (χ0v) is 18.4. The van der Waals surface area contributed by atoms with Crippen molar-refractivity contribution in [1.82, 2.24) is 9.80 Å². The molecule has 35 heavy (non-hydrogen) atoms. The molecule has 2 aromatic rings. The molecular formula is C21H21F3N4O7. The molecule has 0 spiro atoms. The quantitative estimate of drug-likeness (QED) is 0.350. The summed E-state index contributed by atoms with van der Waals surface area (Å²) < 4.78 is 48.5. The Bertz CT molecular complexity index is 1100. The van der Waals surface area contributed by atoms with E-state index in [0.29, 0.717) is 12.1 Å². The number of halogens is 3. The van der Waals surface area contributed by atoms with Crippen LogP contribution < -0.4 is 5.32 Å². The van der Waals surface area contributed by atoms with Crippen molar-refractivity contribution in [2.45, 2.75) is 19.1 Å². The van der Waals surface area contributed by atoms with Gasteiger partial charge in [0.05, 0.1) is 16.7 Å². The number of nitrogens with zero attached hydrogens (tertiary/aromatic N) is 3. The van der Waals surface area contributed by atoms with E-state index < -0.39 is 46.9 Å². The third-order valence-electron chi connectivity index (χ3n) is 5.24. The van der Waals surface area contributed by atoms with E-state index in [4.69, 9.17) is 9.15 Å². The largest absolute Gasteiger partial charge is 0.459 e. The Morgan fingerprint density at radius 1 is 1.17 bits per heavy atom. The van der Waals surface area contributed by atoms with Gasteiger partial charge in [0.2, 0.25) is 0 Å². The molecule has 11 nitrogen and oxygen atoms in total. The zero-order chi connectivity index (χ0) is 25.8. The topological polar surface area (TPSA) is 135 Å². The maximum Gasteiger partial charge on any atom is 0.416 e. The number of piperazine rings is 1. The lowest BCUT2D eigenvalue weighted by Gasteiger charge is -2.34. The van der Waals surface area contributed by atoms with Gasteiger partial charge in [-0.1, -0.05) is 0 Å². The van der Waals surface area contributed by atoms with Gasteiger partial charge in [-0.25, -0.2) is 4.79 Å². The molecule has 1 aromatic heterocycles. The van der Waals surface area contributed by atoms with E-state index >= 15 is 0 Å². The molecule has 2 amide bonds. The standard InChI is InChI=1S/C21H21F3N4O7/c1-13(25-15-5-4-14(21(22,23)24)11-16(15)28(32)33)20(31)35-12-18(29)26-6-8-27(9-7-26)19(30)17-3-2-10-34-17/h2-5,10-11,13,25H,6-9,12H2,1H3/t13-/m0/s1. The highest BCUT2D eigenvalue weighted by molar-refractivity contribution is 5.91. The van der Waals surface area contributed by atoms with E-state index in [1.165, 1.54) is 29.1 Å². The third-order valence-corrected chi connectivity index (χ3v) is 5.24. The van der Waals surface area contributed by atoms with E-state index in [0.717, 1.165) is 6.07 Å². The summed E-state index contributed by atoms with van der Waals surface area (Å²) in [6, 6.07) is 3.79. The van der Waals surface area contributed by atoms with Crippen LogP contribution >= 0.6 is 0 Å². The normalized spacial score (nSPS) is 14.9. The van der Waals surface area contributed by atoms with Crippen LogP contribution in [0.1, 0.15) is 23.0 Å². The molecule has 0 radical (unpaired) electrons. The molecule has 1 atom stereocenters. The summed E-state index contributed by atoms with van der Waals surface area (Å²) in [5.74, 6) is -1.55. The summed E-state index contributed by atoms with van der Waals surface area (Å²) >= 11 is 0. The Labute approximate surface area is 196 Å². The molecule has 0 aliphatic carbocycles. The van der Waals surface area contributed by atoms with Gasteiger partial charge in [-0.05, 0) is 31.2 Å². The Kier molecular flexibility index (Phi) is 7.62. The van der Waals surface area contributed by atoms with Gasteiger partial charge in [-0.15, -0.1) is 0 Å². The number of anilines is 1. The van der Waals surface area contributed by atoms with Crippen LogP contribution in [0.15, 0.2) is 41.0 Å². The van der Waals surface area contributed by atoms with Crippen molar-refractivity contribution >= 4 is 29.2 Å². The molecule has 1 saturated heterocycles. The Morgan fingerprint density at radius 2 is 1.83 bits per heavy atom. The number of carbonyl (C=O) groups is 3. The average molecular weight is 498 g/mol. The van der Waals surface area contributed by atoms with E-state index in [-0.39, 0.29) is 43.5 Å². The predicted octanol–water partition coefficient (Wildman–Crippen LogP) is 2.53. The summed E-state index contributed by atoms with van der Waals surface area (Å²) in [5.41, 5.74) is -2.38. The van der Waals surface area contributed by atoms with Gasteiger partial charge in [-0.2, -0.15) is 13.2 Å². The van der Waals surface area contributed by atoms with Crippen molar-refractivity contribution in [2.75, 3.05) is 38.1 Å². The van der Waals surface area contributed by atoms with Crippen LogP contribution in [0.3, 0.4) is 0 Å². The molecule has 1 N–H and O–H groups in total. The number of amides is 2. The van der Waals surface area contributed by atoms with Crippen molar-refractivity contribution in [3.63, 3.8) is 0 Å². The molecule has 0 unspecified atom stereocenters. The second-order valence-corrected chi connectivity index (χ2v) is 7.61. The number of nitrogens with one attached hydrogen (secondary N) is 1. The number of alkyl halides is 3. The summed E-state index contributed by atoms with van der Waals surface area (Å²) in [5, 5.41) is 13.6. The minimum atomic E-state index is -4.77. The van der Waals surface area contributed by atoms with Gasteiger partial charge < -0.3 is 24.3 Å². The fourth-order valence-electron chi connectivity index (χ4n) is 3.34. The van der Waals surface area contributed by atoms with E-state index in [1.807, 2.05) is 0 Å². The van der Waals surface area contributed by atoms with Crippen molar-refractivity contribution in [3.8, 4) is 0 Å². The first kappa shape index (κ1) is 25.5. The molecule has 1 aliphatic rings. The molecule has 188 valence electrons. The van der Waals surface area contributed by atoms with E-state index in [1.54, 1.807) is 6.07 Å². The molecule has 2 heterocycles. The molecule has 0 bridgehead atoms. The van der Waals surface area contributed by atoms with Crippen LogP contribution in [-0.2, 0) is 20.5 Å². The van der Waals surface area contributed by atoms with Crippen molar-refractivity contribution in [3.05, 3.63) is 58.0 Å². The summed E-state index contributed by atoms with van der Waals surface area (Å²) in [6.45, 7) is 1.63. The number of hydrogen-bond donors (Lipinski definition) is 1. The van der Waals surface area contributed by atoms with Crippen LogP contribution in [0.2, 0.25) is 0 Å². The number of esters is 1. The number of furan rings is 1. The number of carbonyl (C=O) groups excluding carboxylic acids is 3. The van der Waals surface area contributed by atoms with E-state index in [9.17, 15) is 37.7 Å². The Hall–Kier alpha value is -4.10. The number of nitro groups is 1. The van der Waals surface area contributed by atoms with Gasteiger partial charge >= 0.3 is 12.1 Å². The molecular weight excluding hydrogens is 477 g/mol. The fourth-order valence-corrected chi connectivity index (χ4v) is 3.34. The zero-order valence-electron chi connectivity index (χ0n) is 18.4. The number of benzene rings is 1. The lowest BCUT2D eigenvalue weighted by molar-refractivity contribution is -0.384. The van der Waals surface area contributed by atoms with Gasteiger partial charge in [0.25, 0.3) is 17.5 Å². The molecule has 14 heteroatoms. The molecule has 1 fully saturated rings. The molecule has 1 aromatic carbocycles. The van der Waals surface area contributed by atoms with Gasteiger partial charge in [-0.3, -0.25) is 19.7 Å². The maximum atomic E-state index is 12.8. The van der Waals surface area contributed by atoms with Gasteiger partial charge in [0.1, 0.15) is 11.7 Å². The summed E-state index contributed by atoms with van der Waals surface area (Å²) in [7, 11) is 0. The van der Waals surface area contributed by atoms with Crippen molar-refractivity contribution in [1.29, 1.82) is 0 Å². The number of nitro benzene ring substituents is 1. The molecule has 3 rings (SSSR count). The smallest absolute Gasteiger partial charge is 0.416 e. The van der Waals surface area contributed by atoms with Crippen LogP contribution in [0, 0.1) is 10.1 Å². The summed E-state index contributed by atoms with van der Waals surface area (Å²) in [4.78, 5) is 50.0. The predicted molar refractivity (Wildman–Crippen MR) is 113 cm³/mol. The fraction of sp³-hybridized carbons (Fsp3) is 0.381. The lowest BCUT2D eigenvalue weighted by Crippen LogP contribution is -2.51. The molecule has 0 saturated carbocycles. The highest BCUT2D eigenvalue weighted by Crippen LogP contribution is 2.35. The maximum absolute atomic E-state index is 12.8. The Morgan fingerprint density at radius 3 is 2.40 bits per heavy atom. The molecule has 1 aliphatic heterocycles. The number of hydrogen-bond acceptors (Lipinski definition) is 8. The second-order valence-electron chi connectivity index (χ2n) is 7.61. The van der Waals surface area contributed by atoms with Crippen LogP contribution in [0.5, 0.6) is 0 Å². The number of ether oxygens (including phenoxy) is 1. The van der Waals surface area contributed by atoms with E-state index in [2.05, 4.69) is 5.32 Å². The minimum Gasteiger partial charge on any atom is -0.459 e. The first-order chi connectivity index (χ1) is 16.5. The lowest BCUT2D eigenvalue weighted by atomic mass is 10.1. The van der Waals surface area contributed by atoms with Crippen LogP contribution in [0.25, 0.3) is 0 Å². The monoisotopic (exact) mass is 498 g/mol. The van der Waals surface area contributed by atoms with Gasteiger partial charge in [0, 0.05) is 32.2 Å². The van der Waals surface area contributed by atoms with Crippen LogP contribution in [0.4, 0.5) is 24.5 Å². The third kappa shape index (κ3) is 6.28. The second kappa shape index (κ2) is 10.4. The highest BCUT2D eigenvalue weighted by Gasteiger charge is 2.33. The van der Waals surface area contributed by atoms with Crippen molar-refractivity contribution < 1.29 is 41.6 Å². The number of rotatable bonds is 7. The SMILES string of the molecule is C[C@H](Nc1ccc(C(F)(F)F)cc1[N+](=O)[O-])C(=O)OCC(=O)N1CCN(C(=O)c2ccco2)CC1. The first-order valence-corrected chi connectivity index (χ1v) is 10.4. The summed E-state index contributed by atoms with van der Waals surface area (Å²) in [6.07, 6.45) is -3.39. The van der Waals surface area contributed by atoms with Gasteiger partial charge in [0.15, 0.2) is 12.4 Å². The Balaban J connectivity index is 1.50. The first-order valence-electron chi connectivity index (χ1n) is 10.4. The average Bonchev–Trinajstić information content (AvgIpc) is 3.36. The van der Waals surface area contributed by atoms with Crippen LogP contribution in [-0.4, -0.2) is 71.3 Å². The minimum absolute atomic E-state index is 0.188. The van der Waals surface area contributed by atoms with Crippen molar-refractivity contribution in [2.24, 2.45) is 0 Å².